The Morgan fingerprint density at radius 1 is 1.38 bits per heavy atom. The maximum Gasteiger partial charge on any atom is 0.223 e. The molecule has 0 aromatic heterocycles. The Morgan fingerprint density at radius 3 is 2.67 bits per heavy atom. The van der Waals surface area contributed by atoms with Gasteiger partial charge in [0.15, 0.2) is 0 Å². The molecule has 2 rings (SSSR count). The second-order valence-corrected chi connectivity index (χ2v) is 6.84. The summed E-state index contributed by atoms with van der Waals surface area (Å²) in [5, 5.41) is 12.7. The third kappa shape index (κ3) is 4.69. The molecule has 0 bridgehead atoms. The van der Waals surface area contributed by atoms with Crippen molar-refractivity contribution in [1.29, 1.82) is 0 Å². The number of benzene rings is 1. The van der Waals surface area contributed by atoms with Gasteiger partial charge in [-0.05, 0) is 44.4 Å². The first-order valence-electron chi connectivity index (χ1n) is 8.95. The van der Waals surface area contributed by atoms with Crippen LogP contribution >= 0.6 is 0 Å². The van der Waals surface area contributed by atoms with Gasteiger partial charge >= 0.3 is 0 Å². The van der Waals surface area contributed by atoms with Crippen LogP contribution in [0.5, 0.6) is 0 Å². The first-order chi connectivity index (χ1) is 11.4. The lowest BCUT2D eigenvalue weighted by Gasteiger charge is -2.34. The Bertz CT molecular complexity index is 556. The molecule has 0 spiro atoms. The second kappa shape index (κ2) is 8.47. The van der Waals surface area contributed by atoms with E-state index < -0.39 is 0 Å². The van der Waals surface area contributed by atoms with E-state index in [0.29, 0.717) is 12.8 Å². The number of nitrogens with zero attached hydrogens (tertiary/aromatic N) is 1. The molecule has 134 valence electrons. The standard InChI is InChI=1S/C19H29FN2O2/c1-4-5-13(2)19(24)21-14(3)17-12-15(20)6-7-18(17)22-10-8-16(23)9-11-22/h6-7,12-14,16,23H,4-5,8-11H2,1-3H3,(H,21,24). The topological polar surface area (TPSA) is 52.6 Å². The van der Waals surface area contributed by atoms with Crippen LogP contribution in [0.2, 0.25) is 0 Å². The highest BCUT2D eigenvalue weighted by Crippen LogP contribution is 2.30. The zero-order valence-electron chi connectivity index (χ0n) is 14.9. The zero-order chi connectivity index (χ0) is 17.7. The molecule has 0 saturated carbocycles. The number of carbonyl (C=O) groups excluding carboxylic acids is 1. The fourth-order valence-corrected chi connectivity index (χ4v) is 3.26. The van der Waals surface area contributed by atoms with E-state index in [2.05, 4.69) is 17.1 Å². The lowest BCUT2D eigenvalue weighted by atomic mass is 10.00. The van der Waals surface area contributed by atoms with E-state index in [1.54, 1.807) is 6.07 Å². The number of rotatable bonds is 6. The predicted molar refractivity (Wildman–Crippen MR) is 94.5 cm³/mol. The molecular formula is C19H29FN2O2. The van der Waals surface area contributed by atoms with Crippen molar-refractivity contribution in [2.75, 3.05) is 18.0 Å². The Balaban J connectivity index is 2.15. The monoisotopic (exact) mass is 336 g/mol. The maximum atomic E-state index is 13.8. The Kier molecular flexibility index (Phi) is 6.60. The van der Waals surface area contributed by atoms with Crippen LogP contribution in [0, 0.1) is 11.7 Å². The highest BCUT2D eigenvalue weighted by Gasteiger charge is 2.23. The summed E-state index contributed by atoms with van der Waals surface area (Å²) < 4.78 is 13.8. The summed E-state index contributed by atoms with van der Waals surface area (Å²) >= 11 is 0. The third-order valence-electron chi connectivity index (χ3n) is 4.79. The van der Waals surface area contributed by atoms with Gasteiger partial charge in [-0.25, -0.2) is 4.39 Å². The second-order valence-electron chi connectivity index (χ2n) is 6.84. The van der Waals surface area contributed by atoms with Gasteiger partial charge in [0.2, 0.25) is 5.91 Å². The lowest BCUT2D eigenvalue weighted by Crippen LogP contribution is -2.37. The van der Waals surface area contributed by atoms with E-state index in [1.165, 1.54) is 12.1 Å². The van der Waals surface area contributed by atoms with Crippen LogP contribution in [0.25, 0.3) is 0 Å². The lowest BCUT2D eigenvalue weighted by molar-refractivity contribution is -0.125. The van der Waals surface area contributed by atoms with Crippen LogP contribution < -0.4 is 10.2 Å². The molecule has 4 nitrogen and oxygen atoms in total. The molecule has 1 aromatic carbocycles. The molecule has 2 N–H and O–H groups in total. The molecule has 2 unspecified atom stereocenters. The van der Waals surface area contributed by atoms with Crippen LogP contribution in [0.4, 0.5) is 10.1 Å². The first kappa shape index (κ1) is 18.7. The fraction of sp³-hybridized carbons (Fsp3) is 0.632. The molecule has 24 heavy (non-hydrogen) atoms. The van der Waals surface area contributed by atoms with Crippen LogP contribution in [0.1, 0.15) is 58.1 Å². The van der Waals surface area contributed by atoms with Crippen molar-refractivity contribution in [3.8, 4) is 0 Å². The van der Waals surface area contributed by atoms with E-state index in [4.69, 9.17) is 0 Å². The smallest absolute Gasteiger partial charge is 0.223 e. The Hall–Kier alpha value is -1.62. The quantitative estimate of drug-likeness (QED) is 0.837. The minimum atomic E-state index is -0.298. The van der Waals surface area contributed by atoms with Gasteiger partial charge in [0, 0.05) is 30.3 Å². The van der Waals surface area contributed by atoms with Crippen molar-refractivity contribution >= 4 is 11.6 Å². The van der Waals surface area contributed by atoms with Crippen molar-refractivity contribution in [2.24, 2.45) is 5.92 Å². The number of anilines is 1. The summed E-state index contributed by atoms with van der Waals surface area (Å²) in [5.74, 6) is -0.332. The summed E-state index contributed by atoms with van der Waals surface area (Å²) in [6, 6.07) is 4.49. The molecular weight excluding hydrogens is 307 g/mol. The number of aliphatic hydroxyl groups is 1. The molecule has 1 aromatic rings. The van der Waals surface area contributed by atoms with Crippen molar-refractivity contribution in [3.05, 3.63) is 29.6 Å². The fourth-order valence-electron chi connectivity index (χ4n) is 3.26. The van der Waals surface area contributed by atoms with Gasteiger partial charge in [0.1, 0.15) is 5.82 Å². The van der Waals surface area contributed by atoms with Gasteiger partial charge < -0.3 is 15.3 Å². The van der Waals surface area contributed by atoms with Crippen LogP contribution in [0.15, 0.2) is 18.2 Å². The summed E-state index contributed by atoms with van der Waals surface area (Å²) in [5.41, 5.74) is 1.74. The van der Waals surface area contributed by atoms with Crippen LogP contribution in [0.3, 0.4) is 0 Å². The van der Waals surface area contributed by atoms with E-state index in [9.17, 15) is 14.3 Å². The molecule has 2 atom stereocenters. The molecule has 1 aliphatic heterocycles. The summed E-state index contributed by atoms with van der Waals surface area (Å²) in [6.07, 6.45) is 2.98. The Morgan fingerprint density at radius 2 is 2.04 bits per heavy atom. The highest BCUT2D eigenvalue weighted by atomic mass is 19.1. The van der Waals surface area contributed by atoms with Gasteiger partial charge in [0.25, 0.3) is 0 Å². The van der Waals surface area contributed by atoms with Gasteiger partial charge in [0.05, 0.1) is 12.1 Å². The van der Waals surface area contributed by atoms with Gasteiger partial charge in [-0.2, -0.15) is 0 Å². The average Bonchev–Trinajstić information content (AvgIpc) is 2.56. The third-order valence-corrected chi connectivity index (χ3v) is 4.79. The van der Waals surface area contributed by atoms with E-state index in [1.807, 2.05) is 13.8 Å². The number of aliphatic hydroxyl groups excluding tert-OH is 1. The molecule has 1 amide bonds. The number of amides is 1. The van der Waals surface area contributed by atoms with Gasteiger partial charge in [-0.3, -0.25) is 4.79 Å². The number of piperidine rings is 1. The maximum absolute atomic E-state index is 13.8. The number of hydrogen-bond donors (Lipinski definition) is 2. The van der Waals surface area contributed by atoms with E-state index >= 15 is 0 Å². The van der Waals surface area contributed by atoms with Crippen molar-refractivity contribution in [2.45, 2.75) is 58.6 Å². The Labute approximate surface area is 144 Å². The van der Waals surface area contributed by atoms with Crippen molar-refractivity contribution in [1.82, 2.24) is 5.32 Å². The minimum Gasteiger partial charge on any atom is -0.393 e. The SMILES string of the molecule is CCCC(C)C(=O)NC(C)c1cc(F)ccc1N1CCC(O)CC1. The molecule has 1 heterocycles. The van der Waals surface area contributed by atoms with Crippen molar-refractivity contribution in [3.63, 3.8) is 0 Å². The summed E-state index contributed by atoms with van der Waals surface area (Å²) in [4.78, 5) is 14.4. The predicted octanol–water partition coefficient (Wildman–Crippen LogP) is 3.40. The number of halogens is 1. The number of hydrogen-bond acceptors (Lipinski definition) is 3. The molecule has 1 fully saturated rings. The van der Waals surface area contributed by atoms with Crippen LogP contribution in [-0.2, 0) is 4.79 Å². The summed E-state index contributed by atoms with van der Waals surface area (Å²) in [6.45, 7) is 7.36. The van der Waals surface area contributed by atoms with E-state index in [-0.39, 0.29) is 29.8 Å². The highest BCUT2D eigenvalue weighted by molar-refractivity contribution is 5.79. The first-order valence-corrected chi connectivity index (χ1v) is 8.95. The molecule has 0 radical (unpaired) electrons. The van der Waals surface area contributed by atoms with Gasteiger partial charge in [-0.15, -0.1) is 0 Å². The zero-order valence-corrected chi connectivity index (χ0v) is 14.9. The molecule has 0 aliphatic carbocycles. The normalized spacial score (nSPS) is 18.3. The molecule has 5 heteroatoms. The largest absolute Gasteiger partial charge is 0.393 e. The number of nitrogens with one attached hydrogen (secondary N) is 1. The molecule has 1 aliphatic rings. The minimum absolute atomic E-state index is 0.00799. The number of carbonyl (C=O) groups is 1. The van der Waals surface area contributed by atoms with E-state index in [0.717, 1.165) is 37.2 Å². The van der Waals surface area contributed by atoms with Crippen molar-refractivity contribution < 1.29 is 14.3 Å². The van der Waals surface area contributed by atoms with Crippen LogP contribution in [-0.4, -0.2) is 30.2 Å². The van der Waals surface area contributed by atoms with Gasteiger partial charge in [-0.1, -0.05) is 20.3 Å². The summed E-state index contributed by atoms with van der Waals surface area (Å²) in [7, 11) is 0. The molecule has 1 saturated heterocycles. The average molecular weight is 336 g/mol.